The van der Waals surface area contributed by atoms with Crippen molar-refractivity contribution in [1.82, 2.24) is 5.32 Å². The van der Waals surface area contributed by atoms with Gasteiger partial charge in [-0.1, -0.05) is 37.3 Å². The molecule has 0 spiro atoms. The zero-order chi connectivity index (χ0) is 13.8. The van der Waals surface area contributed by atoms with Gasteiger partial charge in [-0.15, -0.1) is 0 Å². The average molecular weight is 269 g/mol. The van der Waals surface area contributed by atoms with Crippen LogP contribution in [-0.4, -0.2) is 6.04 Å². The second-order valence-corrected chi connectivity index (χ2v) is 5.98. The van der Waals surface area contributed by atoms with Crippen LogP contribution in [0.5, 0.6) is 0 Å². The smallest absolute Gasteiger partial charge is 0.125 e. The molecule has 2 heteroatoms. The molecular formula is C18H23NO. The molecule has 1 aromatic heterocycles. The topological polar surface area (TPSA) is 25.2 Å². The van der Waals surface area contributed by atoms with Crippen LogP contribution >= 0.6 is 0 Å². The van der Waals surface area contributed by atoms with E-state index in [-0.39, 0.29) is 6.04 Å². The standard InChI is InChI=1S/C18H23NO/c1-14-9-11-16(12-10-14)19-18(17-8-5-13-20-17)15-6-3-2-4-7-15/h2-8,13-14,16,18-19H,9-12H2,1H3. The Kier molecular flexibility index (Phi) is 4.22. The molecule has 0 bridgehead atoms. The maximum Gasteiger partial charge on any atom is 0.125 e. The number of furan rings is 1. The molecular weight excluding hydrogens is 246 g/mol. The summed E-state index contributed by atoms with van der Waals surface area (Å²) in [5.74, 6) is 1.89. The van der Waals surface area contributed by atoms with Crippen molar-refractivity contribution in [3.05, 3.63) is 60.1 Å². The van der Waals surface area contributed by atoms with Gasteiger partial charge in [0.15, 0.2) is 0 Å². The maximum absolute atomic E-state index is 5.65. The van der Waals surface area contributed by atoms with Crippen LogP contribution in [-0.2, 0) is 0 Å². The second kappa shape index (κ2) is 6.27. The van der Waals surface area contributed by atoms with Gasteiger partial charge in [0.1, 0.15) is 5.76 Å². The van der Waals surface area contributed by atoms with Crippen LogP contribution in [0.3, 0.4) is 0 Å². The molecule has 2 nitrogen and oxygen atoms in total. The highest BCUT2D eigenvalue weighted by Crippen LogP contribution is 2.28. The van der Waals surface area contributed by atoms with Gasteiger partial charge >= 0.3 is 0 Å². The lowest BCUT2D eigenvalue weighted by atomic mass is 9.86. The summed E-state index contributed by atoms with van der Waals surface area (Å²) in [6, 6.07) is 15.4. The number of rotatable bonds is 4. The van der Waals surface area contributed by atoms with Crippen LogP contribution < -0.4 is 5.32 Å². The number of benzene rings is 1. The van der Waals surface area contributed by atoms with E-state index in [9.17, 15) is 0 Å². The lowest BCUT2D eigenvalue weighted by molar-refractivity contribution is 0.286. The molecule has 1 heterocycles. The van der Waals surface area contributed by atoms with E-state index in [4.69, 9.17) is 4.42 Å². The molecule has 1 N–H and O–H groups in total. The minimum absolute atomic E-state index is 0.171. The summed E-state index contributed by atoms with van der Waals surface area (Å²) in [5, 5.41) is 3.80. The zero-order valence-electron chi connectivity index (χ0n) is 12.1. The van der Waals surface area contributed by atoms with E-state index in [1.807, 2.05) is 6.07 Å². The van der Waals surface area contributed by atoms with Crippen molar-refractivity contribution in [3.8, 4) is 0 Å². The molecule has 1 atom stereocenters. The van der Waals surface area contributed by atoms with Crippen molar-refractivity contribution >= 4 is 0 Å². The van der Waals surface area contributed by atoms with Crippen molar-refractivity contribution < 1.29 is 4.42 Å². The molecule has 1 fully saturated rings. The van der Waals surface area contributed by atoms with E-state index in [1.165, 1.54) is 31.2 Å². The normalized spacial score (nSPS) is 24.4. The van der Waals surface area contributed by atoms with Gasteiger partial charge in [-0.25, -0.2) is 0 Å². The molecule has 3 rings (SSSR count). The zero-order valence-corrected chi connectivity index (χ0v) is 12.1. The Balaban J connectivity index is 1.77. The molecule has 2 aromatic rings. The van der Waals surface area contributed by atoms with Crippen LogP contribution in [0, 0.1) is 5.92 Å². The lowest BCUT2D eigenvalue weighted by Crippen LogP contribution is -2.36. The first kappa shape index (κ1) is 13.4. The first-order chi connectivity index (χ1) is 9.83. The predicted octanol–water partition coefficient (Wildman–Crippen LogP) is 4.54. The summed E-state index contributed by atoms with van der Waals surface area (Å²) in [5.41, 5.74) is 1.28. The third-order valence-electron chi connectivity index (χ3n) is 4.38. The molecule has 0 saturated heterocycles. The summed E-state index contributed by atoms with van der Waals surface area (Å²) in [6.07, 6.45) is 6.96. The maximum atomic E-state index is 5.65. The number of hydrogen-bond acceptors (Lipinski definition) is 2. The van der Waals surface area contributed by atoms with Gasteiger partial charge in [-0.05, 0) is 49.3 Å². The third-order valence-corrected chi connectivity index (χ3v) is 4.38. The van der Waals surface area contributed by atoms with Gasteiger partial charge in [-0.3, -0.25) is 0 Å². The SMILES string of the molecule is CC1CCC(NC(c2ccccc2)c2ccco2)CC1. The first-order valence-corrected chi connectivity index (χ1v) is 7.67. The van der Waals surface area contributed by atoms with Crippen LogP contribution in [0.2, 0.25) is 0 Å². The molecule has 106 valence electrons. The summed E-state index contributed by atoms with van der Waals surface area (Å²) >= 11 is 0. The highest BCUT2D eigenvalue weighted by molar-refractivity contribution is 5.26. The monoisotopic (exact) mass is 269 g/mol. The van der Waals surface area contributed by atoms with Gasteiger partial charge in [0, 0.05) is 6.04 Å². The average Bonchev–Trinajstić information content (AvgIpc) is 3.01. The summed E-state index contributed by atoms with van der Waals surface area (Å²) in [7, 11) is 0. The Morgan fingerprint density at radius 1 is 1.00 bits per heavy atom. The molecule has 1 aromatic carbocycles. The second-order valence-electron chi connectivity index (χ2n) is 5.98. The first-order valence-electron chi connectivity index (χ1n) is 7.67. The quantitative estimate of drug-likeness (QED) is 0.881. The van der Waals surface area contributed by atoms with Crippen molar-refractivity contribution in [2.75, 3.05) is 0 Å². The van der Waals surface area contributed by atoms with Gasteiger partial charge in [0.2, 0.25) is 0 Å². The molecule has 1 aliphatic carbocycles. The van der Waals surface area contributed by atoms with E-state index in [2.05, 4.69) is 48.6 Å². The molecule has 1 unspecified atom stereocenters. The molecule has 0 radical (unpaired) electrons. The van der Waals surface area contributed by atoms with E-state index < -0.39 is 0 Å². The fraction of sp³-hybridized carbons (Fsp3) is 0.444. The van der Waals surface area contributed by atoms with Gasteiger partial charge in [0.05, 0.1) is 12.3 Å². The predicted molar refractivity (Wildman–Crippen MR) is 81.5 cm³/mol. The summed E-state index contributed by atoms with van der Waals surface area (Å²) in [6.45, 7) is 2.36. The van der Waals surface area contributed by atoms with E-state index >= 15 is 0 Å². The highest BCUT2D eigenvalue weighted by atomic mass is 16.3. The van der Waals surface area contributed by atoms with Crippen molar-refractivity contribution in [2.45, 2.75) is 44.7 Å². The Hall–Kier alpha value is -1.54. The van der Waals surface area contributed by atoms with Crippen molar-refractivity contribution in [3.63, 3.8) is 0 Å². The van der Waals surface area contributed by atoms with Crippen LogP contribution in [0.15, 0.2) is 53.1 Å². The van der Waals surface area contributed by atoms with E-state index in [0.29, 0.717) is 6.04 Å². The molecule has 0 amide bonds. The van der Waals surface area contributed by atoms with Crippen molar-refractivity contribution in [2.24, 2.45) is 5.92 Å². The summed E-state index contributed by atoms with van der Waals surface area (Å²) in [4.78, 5) is 0. The molecule has 20 heavy (non-hydrogen) atoms. The van der Waals surface area contributed by atoms with Crippen LogP contribution in [0.1, 0.15) is 50.0 Å². The Morgan fingerprint density at radius 2 is 1.75 bits per heavy atom. The largest absolute Gasteiger partial charge is 0.467 e. The third kappa shape index (κ3) is 3.13. The molecule has 1 saturated carbocycles. The van der Waals surface area contributed by atoms with Gasteiger partial charge in [0.25, 0.3) is 0 Å². The fourth-order valence-corrected chi connectivity index (χ4v) is 3.11. The Bertz CT molecular complexity index is 497. The van der Waals surface area contributed by atoms with Crippen molar-refractivity contribution in [1.29, 1.82) is 0 Å². The lowest BCUT2D eigenvalue weighted by Gasteiger charge is -2.30. The minimum Gasteiger partial charge on any atom is -0.467 e. The van der Waals surface area contributed by atoms with Crippen LogP contribution in [0.25, 0.3) is 0 Å². The number of hydrogen-bond donors (Lipinski definition) is 1. The Labute approximate surface area is 121 Å². The highest BCUT2D eigenvalue weighted by Gasteiger charge is 2.24. The molecule has 1 aliphatic rings. The van der Waals surface area contributed by atoms with E-state index in [1.54, 1.807) is 6.26 Å². The minimum atomic E-state index is 0.171. The molecule has 0 aliphatic heterocycles. The van der Waals surface area contributed by atoms with E-state index in [0.717, 1.165) is 11.7 Å². The van der Waals surface area contributed by atoms with Gasteiger partial charge < -0.3 is 9.73 Å². The Morgan fingerprint density at radius 3 is 2.40 bits per heavy atom. The summed E-state index contributed by atoms with van der Waals surface area (Å²) < 4.78 is 5.65. The van der Waals surface area contributed by atoms with Crippen LogP contribution in [0.4, 0.5) is 0 Å². The number of nitrogens with one attached hydrogen (secondary N) is 1. The fourth-order valence-electron chi connectivity index (χ4n) is 3.11. The van der Waals surface area contributed by atoms with Gasteiger partial charge in [-0.2, -0.15) is 0 Å².